The lowest BCUT2D eigenvalue weighted by atomic mass is 10.0. The molecular weight excluding hydrogens is 232 g/mol. The Morgan fingerprint density at radius 3 is 1.89 bits per heavy atom. The third-order valence-corrected chi connectivity index (χ3v) is 3.34. The lowest BCUT2D eigenvalue weighted by molar-refractivity contribution is -0.104. The smallest absolute Gasteiger partial charge is 0.142 e. The molecule has 0 aromatic carbocycles. The first-order chi connectivity index (χ1) is 9.10. The predicted octanol–water partition coefficient (Wildman–Crippen LogP) is 5.77. The van der Waals surface area contributed by atoms with E-state index in [9.17, 15) is 4.79 Å². The van der Waals surface area contributed by atoms with Gasteiger partial charge < -0.3 is 0 Å². The minimum atomic E-state index is 0.871. The molecule has 1 heteroatoms. The minimum Gasteiger partial charge on any atom is -0.299 e. The van der Waals surface area contributed by atoms with Crippen LogP contribution in [0.1, 0.15) is 72.6 Å². The molecule has 108 valence electrons. The standard InChI is InChI=1S/C18H30O/c1-5-6-9-16(2)10-7-11-17(3)12-8-13-18(4)14-15-19/h10,12,14-15H,5-9,11,13H2,1-4H3. The Morgan fingerprint density at radius 2 is 1.37 bits per heavy atom. The number of allylic oxidation sites excluding steroid dienone is 6. The van der Waals surface area contributed by atoms with Gasteiger partial charge in [-0.25, -0.2) is 0 Å². The van der Waals surface area contributed by atoms with Gasteiger partial charge in [0.2, 0.25) is 0 Å². The topological polar surface area (TPSA) is 17.1 Å². The van der Waals surface area contributed by atoms with Crippen LogP contribution in [0.3, 0.4) is 0 Å². The molecule has 0 N–H and O–H groups in total. The van der Waals surface area contributed by atoms with Crippen LogP contribution in [0.2, 0.25) is 0 Å². The van der Waals surface area contributed by atoms with E-state index >= 15 is 0 Å². The summed E-state index contributed by atoms with van der Waals surface area (Å²) < 4.78 is 0. The van der Waals surface area contributed by atoms with Crippen molar-refractivity contribution in [2.75, 3.05) is 0 Å². The van der Waals surface area contributed by atoms with Gasteiger partial charge in [-0.3, -0.25) is 4.79 Å². The van der Waals surface area contributed by atoms with E-state index in [0.717, 1.165) is 37.5 Å². The average molecular weight is 262 g/mol. The van der Waals surface area contributed by atoms with E-state index in [0.29, 0.717) is 0 Å². The molecule has 0 rings (SSSR count). The van der Waals surface area contributed by atoms with E-state index < -0.39 is 0 Å². The fourth-order valence-corrected chi connectivity index (χ4v) is 1.95. The molecule has 0 aliphatic heterocycles. The molecule has 0 saturated carbocycles. The van der Waals surface area contributed by atoms with E-state index in [1.54, 1.807) is 6.08 Å². The average Bonchev–Trinajstić information content (AvgIpc) is 2.36. The summed E-state index contributed by atoms with van der Waals surface area (Å²) in [5.74, 6) is 0. The SMILES string of the molecule is CCCCC(C)=CCCC(C)=CCCC(C)=CC=O. The van der Waals surface area contributed by atoms with Crippen LogP contribution in [0.15, 0.2) is 34.9 Å². The lowest BCUT2D eigenvalue weighted by Gasteiger charge is -2.02. The van der Waals surface area contributed by atoms with Crippen molar-refractivity contribution in [3.63, 3.8) is 0 Å². The molecule has 0 aromatic heterocycles. The van der Waals surface area contributed by atoms with Crippen molar-refractivity contribution < 1.29 is 4.79 Å². The zero-order valence-corrected chi connectivity index (χ0v) is 13.2. The molecule has 0 aliphatic carbocycles. The molecule has 19 heavy (non-hydrogen) atoms. The van der Waals surface area contributed by atoms with Crippen molar-refractivity contribution in [1.82, 2.24) is 0 Å². The highest BCUT2D eigenvalue weighted by atomic mass is 16.1. The van der Waals surface area contributed by atoms with Crippen LogP contribution in [0.25, 0.3) is 0 Å². The van der Waals surface area contributed by atoms with E-state index in [2.05, 4.69) is 32.9 Å². The van der Waals surface area contributed by atoms with E-state index in [1.807, 2.05) is 6.92 Å². The summed E-state index contributed by atoms with van der Waals surface area (Å²) in [6, 6.07) is 0. The molecule has 0 atom stereocenters. The summed E-state index contributed by atoms with van der Waals surface area (Å²) in [4.78, 5) is 10.3. The Bertz CT molecular complexity index is 332. The van der Waals surface area contributed by atoms with Crippen LogP contribution in [-0.4, -0.2) is 6.29 Å². The number of carbonyl (C=O) groups is 1. The molecule has 0 aliphatic rings. The number of hydrogen-bond donors (Lipinski definition) is 0. The van der Waals surface area contributed by atoms with Gasteiger partial charge in [-0.2, -0.15) is 0 Å². The van der Waals surface area contributed by atoms with Gasteiger partial charge >= 0.3 is 0 Å². The Kier molecular flexibility index (Phi) is 11.3. The van der Waals surface area contributed by atoms with Crippen LogP contribution in [0, 0.1) is 0 Å². The van der Waals surface area contributed by atoms with Crippen LogP contribution in [0.5, 0.6) is 0 Å². The second kappa shape index (κ2) is 12.0. The Labute approximate surface area is 119 Å². The Hall–Kier alpha value is -1.11. The highest BCUT2D eigenvalue weighted by molar-refractivity contribution is 5.65. The van der Waals surface area contributed by atoms with Gasteiger partial charge in [0.25, 0.3) is 0 Å². The normalized spacial score (nSPS) is 13.8. The maximum Gasteiger partial charge on any atom is 0.142 e. The van der Waals surface area contributed by atoms with Gasteiger partial charge in [0.05, 0.1) is 0 Å². The van der Waals surface area contributed by atoms with Crippen molar-refractivity contribution in [3.8, 4) is 0 Å². The molecule has 0 fully saturated rings. The molecule has 0 radical (unpaired) electrons. The first-order valence-electron chi connectivity index (χ1n) is 7.52. The molecule has 0 amide bonds. The summed E-state index contributed by atoms with van der Waals surface area (Å²) in [7, 11) is 0. The highest BCUT2D eigenvalue weighted by Gasteiger charge is 1.93. The van der Waals surface area contributed by atoms with Crippen LogP contribution in [0.4, 0.5) is 0 Å². The maximum absolute atomic E-state index is 10.3. The summed E-state index contributed by atoms with van der Waals surface area (Å²) in [6.45, 7) is 8.69. The number of carbonyl (C=O) groups excluding carboxylic acids is 1. The molecular formula is C18H30O. The summed E-state index contributed by atoms with van der Waals surface area (Å²) in [5, 5.41) is 0. The maximum atomic E-state index is 10.3. The first-order valence-corrected chi connectivity index (χ1v) is 7.52. The molecule has 0 saturated heterocycles. The summed E-state index contributed by atoms with van der Waals surface area (Å²) in [5.41, 5.74) is 4.15. The van der Waals surface area contributed by atoms with Crippen LogP contribution in [-0.2, 0) is 4.79 Å². The molecule has 0 spiro atoms. The second-order valence-corrected chi connectivity index (χ2v) is 5.43. The van der Waals surface area contributed by atoms with Crippen molar-refractivity contribution in [1.29, 1.82) is 0 Å². The minimum absolute atomic E-state index is 0.871. The number of aldehydes is 1. The van der Waals surface area contributed by atoms with E-state index in [1.165, 1.54) is 30.4 Å². The predicted molar refractivity (Wildman–Crippen MR) is 85.3 cm³/mol. The first kappa shape index (κ1) is 17.9. The van der Waals surface area contributed by atoms with Crippen molar-refractivity contribution in [2.24, 2.45) is 0 Å². The third kappa shape index (κ3) is 11.7. The number of unbranched alkanes of at least 4 members (excludes halogenated alkanes) is 1. The lowest BCUT2D eigenvalue weighted by Crippen LogP contribution is -1.82. The number of hydrogen-bond acceptors (Lipinski definition) is 1. The van der Waals surface area contributed by atoms with Gasteiger partial charge in [0.1, 0.15) is 6.29 Å². The number of rotatable bonds is 10. The van der Waals surface area contributed by atoms with E-state index in [-0.39, 0.29) is 0 Å². The summed E-state index contributed by atoms with van der Waals surface area (Å²) >= 11 is 0. The monoisotopic (exact) mass is 262 g/mol. The Morgan fingerprint density at radius 1 is 0.842 bits per heavy atom. The Balaban J connectivity index is 3.87. The van der Waals surface area contributed by atoms with Gasteiger partial charge in [0, 0.05) is 0 Å². The van der Waals surface area contributed by atoms with Crippen molar-refractivity contribution in [2.45, 2.75) is 72.6 Å². The summed E-state index contributed by atoms with van der Waals surface area (Å²) in [6.07, 6.45) is 15.4. The molecule has 0 aromatic rings. The highest BCUT2D eigenvalue weighted by Crippen LogP contribution is 2.13. The van der Waals surface area contributed by atoms with Crippen molar-refractivity contribution in [3.05, 3.63) is 34.9 Å². The van der Waals surface area contributed by atoms with Crippen molar-refractivity contribution >= 4 is 6.29 Å². The van der Waals surface area contributed by atoms with Crippen LogP contribution >= 0.6 is 0 Å². The molecule has 0 unspecified atom stereocenters. The second-order valence-electron chi connectivity index (χ2n) is 5.43. The zero-order valence-electron chi connectivity index (χ0n) is 13.2. The fourth-order valence-electron chi connectivity index (χ4n) is 1.95. The fraction of sp³-hybridized carbons (Fsp3) is 0.611. The van der Waals surface area contributed by atoms with Gasteiger partial charge in [-0.05, 0) is 65.4 Å². The zero-order chi connectivity index (χ0) is 14.5. The largest absolute Gasteiger partial charge is 0.299 e. The molecule has 1 nitrogen and oxygen atoms in total. The van der Waals surface area contributed by atoms with E-state index in [4.69, 9.17) is 0 Å². The molecule has 0 bridgehead atoms. The third-order valence-electron chi connectivity index (χ3n) is 3.34. The quantitative estimate of drug-likeness (QED) is 0.277. The van der Waals surface area contributed by atoms with Crippen LogP contribution < -0.4 is 0 Å². The van der Waals surface area contributed by atoms with Gasteiger partial charge in [0.15, 0.2) is 0 Å². The van der Waals surface area contributed by atoms with Gasteiger partial charge in [-0.15, -0.1) is 0 Å². The van der Waals surface area contributed by atoms with Gasteiger partial charge in [-0.1, -0.05) is 42.2 Å². The molecule has 0 heterocycles.